The lowest BCUT2D eigenvalue weighted by atomic mass is 9.82. The van der Waals surface area contributed by atoms with Crippen molar-refractivity contribution in [1.82, 2.24) is 10.6 Å². The van der Waals surface area contributed by atoms with Crippen molar-refractivity contribution in [3.05, 3.63) is 36.0 Å². The zero-order valence-corrected chi connectivity index (χ0v) is 21.1. The van der Waals surface area contributed by atoms with E-state index < -0.39 is 12.2 Å². The highest BCUT2D eigenvalue weighted by atomic mass is 16.7. The summed E-state index contributed by atoms with van der Waals surface area (Å²) in [5.74, 6) is -0.287. The van der Waals surface area contributed by atoms with Gasteiger partial charge >= 0.3 is 6.09 Å². The molecule has 2 heterocycles. The van der Waals surface area contributed by atoms with E-state index >= 15 is 0 Å². The first-order chi connectivity index (χ1) is 16.1. The fraction of sp³-hybridized carbons (Fsp3) is 0.692. The van der Waals surface area contributed by atoms with E-state index in [9.17, 15) is 9.59 Å². The van der Waals surface area contributed by atoms with Gasteiger partial charge in [0.25, 0.3) is 0 Å². The monoisotopic (exact) mass is 476 g/mol. The van der Waals surface area contributed by atoms with Crippen LogP contribution in [0.3, 0.4) is 0 Å². The van der Waals surface area contributed by atoms with Crippen LogP contribution in [0, 0.1) is 5.41 Å². The maximum absolute atomic E-state index is 12.1. The zero-order chi connectivity index (χ0) is 24.8. The van der Waals surface area contributed by atoms with Gasteiger partial charge in [-0.05, 0) is 64.9 Å². The van der Waals surface area contributed by atoms with Crippen LogP contribution in [-0.4, -0.2) is 62.4 Å². The normalized spacial score (nSPS) is 29.2. The van der Waals surface area contributed by atoms with Crippen molar-refractivity contribution >= 4 is 12.0 Å². The number of allylic oxidation sites excluding steroid dienone is 2. The number of rotatable bonds is 8. The number of carbonyl (C=O) groups is 2. The molecule has 190 valence electrons. The highest BCUT2D eigenvalue weighted by molar-refractivity contribution is 5.87. The largest absolute Gasteiger partial charge is 0.442 e. The van der Waals surface area contributed by atoms with Gasteiger partial charge in [-0.3, -0.25) is 4.79 Å². The predicted octanol–water partition coefficient (Wildman–Crippen LogP) is 3.78. The Morgan fingerprint density at radius 1 is 1.18 bits per heavy atom. The number of alkyl carbamates (subject to hydrolysis) is 1. The van der Waals surface area contributed by atoms with Gasteiger partial charge in [0.2, 0.25) is 5.91 Å². The molecular formula is C26H40N2O6. The molecule has 2 N–H and O–H groups in total. The number of carbonyl (C=O) groups excluding carboxylic acids is 2. The Morgan fingerprint density at radius 3 is 2.53 bits per heavy atom. The SMILES string of the molecule is CNC(=O)O[C@@H](C)/C=C\C(=O)N[C@H]1CO[C@@H](C/C=C(C)/C=C/[C@@H]2CC3(CC3)CC(C)(C)O2)OC1. The molecule has 2 atom stereocenters. The molecule has 0 bridgehead atoms. The summed E-state index contributed by atoms with van der Waals surface area (Å²) in [7, 11) is 1.48. The third kappa shape index (κ3) is 8.56. The first-order valence-electron chi connectivity index (χ1n) is 12.2. The van der Waals surface area contributed by atoms with Crippen LogP contribution in [0.15, 0.2) is 36.0 Å². The zero-order valence-electron chi connectivity index (χ0n) is 21.1. The quantitative estimate of drug-likeness (QED) is 0.409. The summed E-state index contributed by atoms with van der Waals surface area (Å²) < 4.78 is 22.8. The summed E-state index contributed by atoms with van der Waals surface area (Å²) in [5, 5.41) is 5.19. The Morgan fingerprint density at radius 2 is 1.88 bits per heavy atom. The second-order valence-electron chi connectivity index (χ2n) is 10.4. The maximum atomic E-state index is 12.1. The molecule has 8 nitrogen and oxygen atoms in total. The second kappa shape index (κ2) is 11.5. The molecular weight excluding hydrogens is 436 g/mol. The maximum Gasteiger partial charge on any atom is 0.407 e. The third-order valence-electron chi connectivity index (χ3n) is 6.40. The first kappa shape index (κ1) is 26.4. The molecule has 34 heavy (non-hydrogen) atoms. The molecule has 3 rings (SSSR count). The van der Waals surface area contributed by atoms with Crippen LogP contribution in [0.25, 0.3) is 0 Å². The molecule has 0 aromatic heterocycles. The Hall–Kier alpha value is -2.16. The Balaban J connectivity index is 1.35. The minimum absolute atomic E-state index is 0.0511. The van der Waals surface area contributed by atoms with Crippen LogP contribution in [0.5, 0.6) is 0 Å². The molecule has 1 spiro atoms. The average Bonchev–Trinajstić information content (AvgIpc) is 3.51. The number of nitrogens with one attached hydrogen (secondary N) is 2. The fourth-order valence-corrected chi connectivity index (χ4v) is 4.67. The predicted molar refractivity (Wildman–Crippen MR) is 129 cm³/mol. The molecule has 3 fully saturated rings. The number of amides is 2. The van der Waals surface area contributed by atoms with Gasteiger partial charge in [0.1, 0.15) is 6.10 Å². The van der Waals surface area contributed by atoms with Gasteiger partial charge in [-0.2, -0.15) is 0 Å². The lowest BCUT2D eigenvalue weighted by Crippen LogP contribution is -2.46. The standard InChI is InChI=1S/C26H40N2O6/c1-18(6-9-21-14-26(12-13-26)17-25(3,4)34-21)7-11-23-31-15-20(16-32-23)28-22(29)10-8-19(2)33-24(30)27-5/h6-10,19-21,23H,11-17H2,1-5H3,(H,27,30)(H,28,29)/b9-6+,10-8-,18-7+/t19-,20-,21+,23+/m0/s1. The van der Waals surface area contributed by atoms with Crippen molar-refractivity contribution in [2.45, 2.75) is 89.9 Å². The van der Waals surface area contributed by atoms with Crippen LogP contribution < -0.4 is 10.6 Å². The van der Waals surface area contributed by atoms with E-state index in [1.807, 2.05) is 0 Å². The van der Waals surface area contributed by atoms with Gasteiger partial charge in [-0.25, -0.2) is 4.79 Å². The summed E-state index contributed by atoms with van der Waals surface area (Å²) in [4.78, 5) is 23.2. The molecule has 2 aliphatic heterocycles. The molecule has 8 heteroatoms. The van der Waals surface area contributed by atoms with Crippen LogP contribution >= 0.6 is 0 Å². The van der Waals surface area contributed by atoms with Crippen LogP contribution in [-0.2, 0) is 23.7 Å². The third-order valence-corrected chi connectivity index (χ3v) is 6.40. The summed E-state index contributed by atoms with van der Waals surface area (Å²) in [6.45, 7) is 8.90. The van der Waals surface area contributed by atoms with Gasteiger partial charge in [-0.15, -0.1) is 0 Å². The lowest BCUT2D eigenvalue weighted by Gasteiger charge is -2.40. The minimum atomic E-state index is -0.546. The van der Waals surface area contributed by atoms with Gasteiger partial charge in [0, 0.05) is 19.5 Å². The van der Waals surface area contributed by atoms with Crippen molar-refractivity contribution < 1.29 is 28.5 Å². The molecule has 0 radical (unpaired) electrons. The van der Waals surface area contributed by atoms with Crippen molar-refractivity contribution in [3.8, 4) is 0 Å². The smallest absolute Gasteiger partial charge is 0.407 e. The molecule has 2 saturated heterocycles. The van der Waals surface area contributed by atoms with Crippen molar-refractivity contribution in [3.63, 3.8) is 0 Å². The fourth-order valence-electron chi connectivity index (χ4n) is 4.67. The number of hydrogen-bond donors (Lipinski definition) is 2. The number of hydrogen-bond acceptors (Lipinski definition) is 6. The van der Waals surface area contributed by atoms with Gasteiger partial charge in [-0.1, -0.05) is 23.8 Å². The van der Waals surface area contributed by atoms with E-state index in [1.165, 1.54) is 38.5 Å². The molecule has 1 saturated carbocycles. The molecule has 1 aliphatic carbocycles. The molecule has 2 amide bonds. The van der Waals surface area contributed by atoms with Crippen molar-refractivity contribution in [2.24, 2.45) is 5.41 Å². The highest BCUT2D eigenvalue weighted by Gasteiger charge is 2.51. The van der Waals surface area contributed by atoms with Crippen LogP contribution in [0.4, 0.5) is 4.79 Å². The Bertz CT molecular complexity index is 800. The van der Waals surface area contributed by atoms with Gasteiger partial charge < -0.3 is 29.6 Å². The lowest BCUT2D eigenvalue weighted by molar-refractivity contribution is -0.187. The van der Waals surface area contributed by atoms with E-state index in [4.69, 9.17) is 18.9 Å². The summed E-state index contributed by atoms with van der Waals surface area (Å²) in [6, 6.07) is -0.227. The van der Waals surface area contributed by atoms with Crippen molar-refractivity contribution in [2.75, 3.05) is 20.3 Å². The molecule has 0 unspecified atom stereocenters. The second-order valence-corrected chi connectivity index (χ2v) is 10.4. The first-order valence-corrected chi connectivity index (χ1v) is 12.2. The Labute approximate surface area is 203 Å². The molecule has 0 aromatic rings. The van der Waals surface area contributed by atoms with Crippen molar-refractivity contribution in [1.29, 1.82) is 0 Å². The minimum Gasteiger partial charge on any atom is -0.442 e. The van der Waals surface area contributed by atoms with Crippen LogP contribution in [0.2, 0.25) is 0 Å². The molecule has 3 aliphatic rings. The number of ether oxygens (including phenoxy) is 4. The van der Waals surface area contributed by atoms with E-state index in [0.717, 1.165) is 12.0 Å². The Kier molecular flexibility index (Phi) is 8.95. The van der Waals surface area contributed by atoms with E-state index in [-0.39, 0.29) is 29.9 Å². The van der Waals surface area contributed by atoms with Gasteiger partial charge in [0.15, 0.2) is 6.29 Å². The van der Waals surface area contributed by atoms with E-state index in [2.05, 4.69) is 49.6 Å². The highest BCUT2D eigenvalue weighted by Crippen LogP contribution is 2.58. The summed E-state index contributed by atoms with van der Waals surface area (Å²) >= 11 is 0. The summed E-state index contributed by atoms with van der Waals surface area (Å²) in [6.07, 6.45) is 13.7. The van der Waals surface area contributed by atoms with Gasteiger partial charge in [0.05, 0.1) is 31.0 Å². The average molecular weight is 477 g/mol. The summed E-state index contributed by atoms with van der Waals surface area (Å²) in [5.41, 5.74) is 1.61. The molecule has 0 aromatic carbocycles. The van der Waals surface area contributed by atoms with E-state index in [1.54, 1.807) is 6.92 Å². The van der Waals surface area contributed by atoms with E-state index in [0.29, 0.717) is 25.0 Å². The topological polar surface area (TPSA) is 95.1 Å². The van der Waals surface area contributed by atoms with Crippen LogP contribution in [0.1, 0.15) is 59.8 Å².